The van der Waals surface area contributed by atoms with Crippen LogP contribution < -0.4 is 16.4 Å². The Morgan fingerprint density at radius 1 is 1.26 bits per heavy atom. The summed E-state index contributed by atoms with van der Waals surface area (Å²) in [5, 5.41) is 15.1. The second-order valence-electron chi connectivity index (χ2n) is 7.41. The molecule has 11 heteroatoms. The van der Waals surface area contributed by atoms with Crippen LogP contribution in [0.2, 0.25) is 0 Å². The lowest BCUT2D eigenvalue weighted by Gasteiger charge is -2.31. The van der Waals surface area contributed by atoms with E-state index >= 15 is 0 Å². The van der Waals surface area contributed by atoms with E-state index in [4.69, 9.17) is 5.73 Å². The van der Waals surface area contributed by atoms with Crippen molar-refractivity contribution < 1.29 is 27.9 Å². The van der Waals surface area contributed by atoms with Crippen molar-refractivity contribution in [1.29, 1.82) is 0 Å². The number of alkyl halides is 3. The molecule has 2 rings (SSSR count). The number of hydrogen-bond donors (Lipinski definition) is 4. The van der Waals surface area contributed by atoms with Crippen LogP contribution in [-0.2, 0) is 10.4 Å². The number of aliphatic hydroxyl groups is 1. The van der Waals surface area contributed by atoms with Crippen molar-refractivity contribution in [3.8, 4) is 11.3 Å². The van der Waals surface area contributed by atoms with E-state index in [9.17, 15) is 27.9 Å². The van der Waals surface area contributed by atoms with E-state index in [1.807, 2.05) is 5.32 Å². The Kier molecular flexibility index (Phi) is 6.89. The van der Waals surface area contributed by atoms with Crippen LogP contribution in [0.5, 0.6) is 0 Å². The molecule has 0 saturated heterocycles. The number of benzene rings is 1. The highest BCUT2D eigenvalue weighted by Crippen LogP contribution is 2.40. The third-order valence-electron chi connectivity index (χ3n) is 4.49. The molecule has 1 aromatic heterocycles. The first-order valence-corrected chi connectivity index (χ1v) is 9.34. The third kappa shape index (κ3) is 5.29. The quantitative estimate of drug-likeness (QED) is 0.545. The van der Waals surface area contributed by atoms with E-state index in [1.165, 1.54) is 12.3 Å². The van der Waals surface area contributed by atoms with Crippen LogP contribution in [0, 0.1) is 6.92 Å². The number of nitrogens with zero attached hydrogens (tertiary/aromatic N) is 2. The summed E-state index contributed by atoms with van der Waals surface area (Å²) in [4.78, 5) is 31.6. The Hall–Kier alpha value is -3.21. The molecular weight excluding hydrogens is 415 g/mol. The number of nitrogens with one attached hydrogen (secondary N) is 2. The van der Waals surface area contributed by atoms with Gasteiger partial charge in [0, 0.05) is 18.5 Å². The van der Waals surface area contributed by atoms with Gasteiger partial charge in [0.15, 0.2) is 11.5 Å². The molecule has 31 heavy (non-hydrogen) atoms. The predicted molar refractivity (Wildman–Crippen MR) is 108 cm³/mol. The summed E-state index contributed by atoms with van der Waals surface area (Å²) in [5.41, 5.74) is 2.59. The van der Waals surface area contributed by atoms with Crippen molar-refractivity contribution in [3.05, 3.63) is 41.2 Å². The monoisotopic (exact) mass is 439 g/mol. The van der Waals surface area contributed by atoms with E-state index in [0.717, 1.165) is 19.1 Å². The Morgan fingerprint density at radius 3 is 2.45 bits per heavy atom. The highest BCUT2D eigenvalue weighted by Gasteiger charge is 2.55. The van der Waals surface area contributed by atoms with Gasteiger partial charge in [-0.3, -0.25) is 9.59 Å². The Labute approximate surface area is 177 Å². The molecule has 0 aliphatic rings. The van der Waals surface area contributed by atoms with E-state index in [-0.39, 0.29) is 28.8 Å². The van der Waals surface area contributed by atoms with Crippen molar-refractivity contribution in [2.45, 2.75) is 45.5 Å². The fourth-order valence-corrected chi connectivity index (χ4v) is 2.80. The molecule has 0 saturated carbocycles. The maximum atomic E-state index is 13.7. The van der Waals surface area contributed by atoms with Crippen LogP contribution >= 0.6 is 0 Å². The molecular formula is C20H24F3N5O3. The number of carbonyl (C=O) groups is 2. The summed E-state index contributed by atoms with van der Waals surface area (Å²) in [7, 11) is 0. The Balaban J connectivity index is 2.59. The van der Waals surface area contributed by atoms with Gasteiger partial charge < -0.3 is 21.5 Å². The lowest BCUT2D eigenvalue weighted by molar-refractivity contribution is -0.264. The highest BCUT2D eigenvalue weighted by molar-refractivity contribution is 5.97. The minimum absolute atomic E-state index is 0.103. The van der Waals surface area contributed by atoms with Crippen LogP contribution in [0.25, 0.3) is 11.3 Å². The summed E-state index contributed by atoms with van der Waals surface area (Å²) in [6.07, 6.45) is -3.84. The SMILES string of the molecule is CC(=O)NCC(O)(c1ccc(C)c(-c2cnc(N)c(C(=O)NC(C)C)n2)c1)C(F)(F)F. The van der Waals surface area contributed by atoms with Gasteiger partial charge >= 0.3 is 6.18 Å². The van der Waals surface area contributed by atoms with Crippen LogP contribution in [0.4, 0.5) is 19.0 Å². The summed E-state index contributed by atoms with van der Waals surface area (Å²) >= 11 is 0. The molecule has 5 N–H and O–H groups in total. The van der Waals surface area contributed by atoms with Gasteiger partial charge in [-0.1, -0.05) is 12.1 Å². The van der Waals surface area contributed by atoms with E-state index in [0.29, 0.717) is 5.56 Å². The maximum absolute atomic E-state index is 13.7. The molecule has 1 atom stereocenters. The Bertz CT molecular complexity index is 995. The highest BCUT2D eigenvalue weighted by atomic mass is 19.4. The van der Waals surface area contributed by atoms with E-state index in [1.54, 1.807) is 20.8 Å². The number of amides is 2. The van der Waals surface area contributed by atoms with Gasteiger partial charge in [-0.2, -0.15) is 13.2 Å². The van der Waals surface area contributed by atoms with Gasteiger partial charge in [-0.25, -0.2) is 9.97 Å². The number of rotatable bonds is 6. The zero-order chi connectivity index (χ0) is 23.6. The number of anilines is 1. The number of hydrogen-bond acceptors (Lipinski definition) is 6. The first-order valence-electron chi connectivity index (χ1n) is 9.34. The molecule has 0 aliphatic carbocycles. The second kappa shape index (κ2) is 8.88. The first-order chi connectivity index (χ1) is 14.3. The van der Waals surface area contributed by atoms with Gasteiger partial charge in [-0.05, 0) is 38.0 Å². The number of aryl methyl sites for hydroxylation is 1. The minimum Gasteiger partial charge on any atom is -0.382 e. The van der Waals surface area contributed by atoms with Crippen molar-refractivity contribution in [2.24, 2.45) is 0 Å². The average molecular weight is 439 g/mol. The molecule has 1 unspecified atom stereocenters. The van der Waals surface area contributed by atoms with Crippen molar-refractivity contribution >= 4 is 17.6 Å². The molecule has 1 heterocycles. The lowest BCUT2D eigenvalue weighted by atomic mass is 9.89. The van der Waals surface area contributed by atoms with Gasteiger partial charge in [0.05, 0.1) is 18.4 Å². The molecule has 0 spiro atoms. The Morgan fingerprint density at radius 2 is 1.90 bits per heavy atom. The van der Waals surface area contributed by atoms with Crippen molar-refractivity contribution in [2.75, 3.05) is 12.3 Å². The van der Waals surface area contributed by atoms with Gasteiger partial charge in [-0.15, -0.1) is 0 Å². The largest absolute Gasteiger partial charge is 0.423 e. The summed E-state index contributed by atoms with van der Waals surface area (Å²) in [5.74, 6) is -1.43. The number of aromatic nitrogens is 2. The molecule has 168 valence electrons. The van der Waals surface area contributed by atoms with Crippen molar-refractivity contribution in [3.63, 3.8) is 0 Å². The number of halogens is 3. The second-order valence-corrected chi connectivity index (χ2v) is 7.41. The molecule has 2 amide bonds. The number of nitrogen functional groups attached to an aromatic ring is 1. The van der Waals surface area contributed by atoms with Crippen LogP contribution in [0.1, 0.15) is 42.4 Å². The van der Waals surface area contributed by atoms with Gasteiger partial charge in [0.2, 0.25) is 11.5 Å². The zero-order valence-corrected chi connectivity index (χ0v) is 17.5. The molecule has 0 bridgehead atoms. The lowest BCUT2D eigenvalue weighted by Crippen LogP contribution is -2.50. The van der Waals surface area contributed by atoms with Gasteiger partial charge in [0.1, 0.15) is 0 Å². The fourth-order valence-electron chi connectivity index (χ4n) is 2.80. The maximum Gasteiger partial charge on any atom is 0.423 e. The van der Waals surface area contributed by atoms with E-state index in [2.05, 4.69) is 15.3 Å². The normalized spacial score (nSPS) is 13.6. The number of nitrogens with two attached hydrogens (primary N) is 1. The molecule has 0 radical (unpaired) electrons. The predicted octanol–water partition coefficient (Wildman–Crippen LogP) is 2.06. The van der Waals surface area contributed by atoms with Crippen LogP contribution in [0.15, 0.2) is 24.4 Å². The summed E-state index contributed by atoms with van der Waals surface area (Å²) in [6, 6.07) is 3.40. The zero-order valence-electron chi connectivity index (χ0n) is 17.5. The van der Waals surface area contributed by atoms with Crippen LogP contribution in [-0.4, -0.2) is 45.7 Å². The van der Waals surface area contributed by atoms with Crippen molar-refractivity contribution in [1.82, 2.24) is 20.6 Å². The summed E-state index contributed by atoms with van der Waals surface area (Å²) < 4.78 is 41.2. The topological polar surface area (TPSA) is 130 Å². The third-order valence-corrected chi connectivity index (χ3v) is 4.49. The smallest absolute Gasteiger partial charge is 0.382 e. The average Bonchev–Trinajstić information content (AvgIpc) is 2.65. The van der Waals surface area contributed by atoms with Crippen LogP contribution in [0.3, 0.4) is 0 Å². The summed E-state index contributed by atoms with van der Waals surface area (Å²) in [6.45, 7) is 5.10. The molecule has 0 fully saturated rings. The van der Waals surface area contributed by atoms with Gasteiger partial charge in [0.25, 0.3) is 5.91 Å². The minimum atomic E-state index is -5.07. The first kappa shape index (κ1) is 24.1. The molecule has 0 aliphatic heterocycles. The number of carbonyl (C=O) groups excluding carboxylic acids is 2. The molecule has 2 aromatic rings. The molecule has 1 aromatic carbocycles. The fraction of sp³-hybridized carbons (Fsp3) is 0.400. The standard InChI is InChI=1S/C20H24F3N5O3/c1-10(2)27-18(30)16-17(24)25-8-15(28-16)14-7-13(6-5-11(14)3)19(31,20(21,22)23)9-26-12(4)29/h5-8,10,31H,9H2,1-4H3,(H2,24,25)(H,26,29)(H,27,30). The molecule has 8 nitrogen and oxygen atoms in total. The van der Waals surface area contributed by atoms with E-state index < -0.39 is 35.7 Å².